The second-order valence-electron chi connectivity index (χ2n) is 29.0. The van der Waals surface area contributed by atoms with Crippen molar-refractivity contribution in [3.8, 4) is 136 Å². The van der Waals surface area contributed by atoms with Crippen molar-refractivity contribution < 1.29 is 9.47 Å². The van der Waals surface area contributed by atoms with Gasteiger partial charge in [0.25, 0.3) is 0 Å². The fourth-order valence-electron chi connectivity index (χ4n) is 18.9. The molecular formula is C100H60N6O2. The first-order chi connectivity index (χ1) is 53.5. The summed E-state index contributed by atoms with van der Waals surface area (Å²) >= 11 is 0. The maximum Gasteiger partial charge on any atom is 0.164 e. The van der Waals surface area contributed by atoms with Gasteiger partial charge < -0.3 is 9.47 Å². The van der Waals surface area contributed by atoms with Crippen LogP contribution in [-0.2, 0) is 10.8 Å². The lowest BCUT2D eigenvalue weighted by Crippen LogP contribution is -2.32. The van der Waals surface area contributed by atoms with Gasteiger partial charge in [0.2, 0.25) is 0 Å². The molecule has 0 saturated carbocycles. The van der Waals surface area contributed by atoms with Crippen LogP contribution >= 0.6 is 0 Å². The number of benzene rings is 15. The maximum absolute atomic E-state index is 6.67. The van der Waals surface area contributed by atoms with Crippen molar-refractivity contribution in [3.63, 3.8) is 0 Å². The zero-order chi connectivity index (χ0) is 70.8. The average molecular weight is 1380 g/mol. The van der Waals surface area contributed by atoms with Crippen molar-refractivity contribution in [1.29, 1.82) is 0 Å². The van der Waals surface area contributed by atoms with Crippen LogP contribution in [0, 0.1) is 0 Å². The Morgan fingerprint density at radius 1 is 0.176 bits per heavy atom. The number of fused-ring (bicyclic) bond motifs is 18. The minimum Gasteiger partial charge on any atom is -0.457 e. The molecule has 0 N–H and O–H groups in total. The van der Waals surface area contributed by atoms with Crippen molar-refractivity contribution in [3.05, 3.63) is 430 Å². The Hall–Kier alpha value is -14.1. The summed E-state index contributed by atoms with van der Waals surface area (Å²) in [6.45, 7) is 0. The molecule has 0 saturated heterocycles. The Morgan fingerprint density at radius 2 is 0.435 bits per heavy atom. The van der Waals surface area contributed by atoms with E-state index in [-0.39, 0.29) is 11.8 Å². The summed E-state index contributed by atoms with van der Waals surface area (Å²) < 4.78 is 13.3. The highest BCUT2D eigenvalue weighted by atomic mass is 16.5. The molecule has 2 aromatic heterocycles. The summed E-state index contributed by atoms with van der Waals surface area (Å²) in [5, 5.41) is 0. The summed E-state index contributed by atoms with van der Waals surface area (Å²) in [7, 11) is 0. The number of para-hydroxylation sites is 4. The first kappa shape index (κ1) is 60.3. The second kappa shape index (κ2) is 23.2. The van der Waals surface area contributed by atoms with Crippen molar-refractivity contribution in [1.82, 2.24) is 29.9 Å². The summed E-state index contributed by atoms with van der Waals surface area (Å²) in [6.07, 6.45) is 0. The minimum atomic E-state index is -0.633. The molecule has 0 amide bonds. The molecular weight excluding hydrogens is 1320 g/mol. The molecule has 2 aliphatic heterocycles. The highest BCUT2D eigenvalue weighted by Crippen LogP contribution is 2.65. The van der Waals surface area contributed by atoms with E-state index in [1.165, 1.54) is 77.9 Å². The third-order valence-electron chi connectivity index (χ3n) is 23.5. The molecule has 0 fully saturated rings. The number of nitrogens with zero attached hydrogens (tertiary/aromatic N) is 6. The molecule has 7 aliphatic rings. The molecule has 8 nitrogen and oxygen atoms in total. The van der Waals surface area contributed by atoms with Gasteiger partial charge in [-0.2, -0.15) is 0 Å². The quantitative estimate of drug-likeness (QED) is 0.148. The Labute approximate surface area is 623 Å². The number of rotatable bonds is 8. The van der Waals surface area contributed by atoms with Gasteiger partial charge in [-0.3, -0.25) is 0 Å². The molecule has 0 radical (unpaired) electrons. The Morgan fingerprint density at radius 3 is 0.806 bits per heavy atom. The van der Waals surface area contributed by atoms with Crippen LogP contribution in [0.1, 0.15) is 89.7 Å². The zero-order valence-electron chi connectivity index (χ0n) is 58.1. The molecule has 4 heterocycles. The second-order valence-corrected chi connectivity index (χ2v) is 29.0. The van der Waals surface area contributed by atoms with E-state index < -0.39 is 10.8 Å². The maximum atomic E-state index is 6.67. The molecule has 2 unspecified atom stereocenters. The van der Waals surface area contributed by atoms with E-state index in [0.29, 0.717) is 34.9 Å². The first-order valence-corrected chi connectivity index (χ1v) is 36.9. The Kier molecular flexibility index (Phi) is 13.0. The lowest BCUT2D eigenvalue weighted by molar-refractivity contribution is 0.436. The van der Waals surface area contributed by atoms with Gasteiger partial charge in [-0.25, -0.2) is 29.9 Å². The van der Waals surface area contributed by atoms with Crippen LogP contribution < -0.4 is 9.47 Å². The fourth-order valence-corrected chi connectivity index (χ4v) is 18.9. The van der Waals surface area contributed by atoms with Gasteiger partial charge in [0.05, 0.1) is 10.8 Å². The van der Waals surface area contributed by atoms with E-state index in [2.05, 4.69) is 315 Å². The van der Waals surface area contributed by atoms with Crippen LogP contribution in [-0.4, -0.2) is 29.9 Å². The lowest BCUT2D eigenvalue weighted by atomic mass is 9.60. The third-order valence-corrected chi connectivity index (χ3v) is 23.5. The van der Waals surface area contributed by atoms with E-state index in [4.69, 9.17) is 39.4 Å². The topological polar surface area (TPSA) is 95.8 Å². The predicted octanol–water partition coefficient (Wildman–Crippen LogP) is 23.3. The smallest absolute Gasteiger partial charge is 0.164 e. The van der Waals surface area contributed by atoms with Crippen LogP contribution in [0.15, 0.2) is 352 Å². The highest BCUT2D eigenvalue weighted by Gasteiger charge is 2.53. The molecule has 502 valence electrons. The fraction of sp³-hybridized carbons (Fsp3) is 0.0400. The summed E-state index contributed by atoms with van der Waals surface area (Å²) in [5.41, 5.74) is 30.9. The van der Waals surface area contributed by atoms with E-state index in [9.17, 15) is 0 Å². The van der Waals surface area contributed by atoms with Crippen molar-refractivity contribution >= 4 is 0 Å². The molecule has 15 aromatic carbocycles. The van der Waals surface area contributed by atoms with Gasteiger partial charge in [0.15, 0.2) is 34.9 Å². The van der Waals surface area contributed by atoms with Crippen LogP contribution in [0.3, 0.4) is 0 Å². The van der Waals surface area contributed by atoms with Crippen LogP contribution in [0.4, 0.5) is 0 Å². The predicted molar refractivity (Wildman–Crippen MR) is 426 cm³/mol. The van der Waals surface area contributed by atoms with E-state index in [0.717, 1.165) is 101 Å². The SMILES string of the molecule is c1ccc(-c2nc(-c3ccc(-c4ccc5c(c4)C4c6ccccc6C5c5cc(-c6ccc(-c7nc(-c8ccccc8)nc(-c8ccc9c(c8)C8(c%10ccccc%10Oc%10ccccc%108)c8ccccc8-9)n7)cc6)ccc54)cc3)nc(-c3ccc4c(c3)C3(c5ccccc5Oc5ccccc53)c3ccccc3-4)n2)cc1. The molecule has 2 bridgehead atoms. The molecule has 24 rings (SSSR count). The van der Waals surface area contributed by atoms with Gasteiger partial charge in [0, 0.05) is 67.5 Å². The van der Waals surface area contributed by atoms with Crippen molar-refractivity contribution in [2.45, 2.75) is 22.7 Å². The largest absolute Gasteiger partial charge is 0.457 e. The summed E-state index contributed by atoms with van der Waals surface area (Å²) in [5.74, 6) is 7.18. The van der Waals surface area contributed by atoms with E-state index >= 15 is 0 Å². The van der Waals surface area contributed by atoms with E-state index in [1.54, 1.807) is 0 Å². The summed E-state index contributed by atoms with van der Waals surface area (Å²) in [6, 6.07) is 126. The van der Waals surface area contributed by atoms with Crippen molar-refractivity contribution in [2.75, 3.05) is 0 Å². The number of hydrogen-bond acceptors (Lipinski definition) is 8. The van der Waals surface area contributed by atoms with Gasteiger partial charge in [-0.1, -0.05) is 303 Å². The van der Waals surface area contributed by atoms with Gasteiger partial charge >= 0.3 is 0 Å². The van der Waals surface area contributed by atoms with Gasteiger partial charge in [-0.05, 0) is 149 Å². The average Bonchev–Trinajstić information content (AvgIpc) is 1.47. The molecule has 5 aliphatic carbocycles. The van der Waals surface area contributed by atoms with Crippen molar-refractivity contribution in [2.24, 2.45) is 0 Å². The Bertz CT molecular complexity index is 6160. The third kappa shape index (κ3) is 8.74. The van der Waals surface area contributed by atoms with E-state index in [1.807, 2.05) is 36.4 Å². The van der Waals surface area contributed by atoms with Crippen LogP contribution in [0.25, 0.3) is 113 Å². The standard InChI is InChI=1S/C100H60N6O2/c1-3-21-61(22-4-1)93-101-95(105-97(103-93)67-49-51-71-69-25-9-11-29-79(69)99(85(71)57-67)81-31-13-17-35-87(81)107-88-36-18-14-32-82(88)99)63-43-39-59(40-44-63)65-47-53-75-77(55-65)91-73-27-7-8-28-74(73)92(75)78-56-66(48-54-76(78)91)60-41-45-64(46-42-60)96-102-94(62-23-5-2-6-24-62)104-98(106-96)68-50-52-72-70-26-10-12-30-80(70)100(86(72)58-68)83-33-15-19-37-89(83)108-90-38-20-16-34-84(90)100/h1-58,91-92H. The lowest BCUT2D eigenvalue weighted by Gasteiger charge is -2.42. The highest BCUT2D eigenvalue weighted by molar-refractivity contribution is 5.93. The van der Waals surface area contributed by atoms with Crippen LogP contribution in [0.2, 0.25) is 0 Å². The number of aromatic nitrogens is 6. The number of ether oxygens (including phenoxy) is 2. The van der Waals surface area contributed by atoms with Crippen LogP contribution in [0.5, 0.6) is 23.0 Å². The van der Waals surface area contributed by atoms with Gasteiger partial charge in [0.1, 0.15) is 23.0 Å². The zero-order valence-corrected chi connectivity index (χ0v) is 58.1. The van der Waals surface area contributed by atoms with Gasteiger partial charge in [-0.15, -0.1) is 0 Å². The Balaban J connectivity index is 0.571. The molecule has 8 heteroatoms. The molecule has 17 aromatic rings. The first-order valence-electron chi connectivity index (χ1n) is 36.9. The molecule has 108 heavy (non-hydrogen) atoms. The normalized spacial score (nSPS) is 15.1. The molecule has 2 spiro atoms. The number of hydrogen-bond donors (Lipinski definition) is 0. The summed E-state index contributed by atoms with van der Waals surface area (Å²) in [4.78, 5) is 31.8. The molecule has 2 atom stereocenters. The minimum absolute atomic E-state index is 0.0674. The monoisotopic (exact) mass is 1380 g/mol.